The van der Waals surface area contributed by atoms with Crippen molar-refractivity contribution in [1.29, 1.82) is 0 Å². The highest BCUT2D eigenvalue weighted by atomic mass is 16.5. The summed E-state index contributed by atoms with van der Waals surface area (Å²) in [5.41, 5.74) is 6.50. The summed E-state index contributed by atoms with van der Waals surface area (Å²) in [6.45, 7) is 15.2. The summed E-state index contributed by atoms with van der Waals surface area (Å²) in [5, 5.41) is 21.5. The van der Waals surface area contributed by atoms with Crippen molar-refractivity contribution in [3.63, 3.8) is 0 Å². The Bertz CT molecular complexity index is 1100. The number of esters is 2. The van der Waals surface area contributed by atoms with Gasteiger partial charge in [0.15, 0.2) is 0 Å². The van der Waals surface area contributed by atoms with Gasteiger partial charge in [-0.1, -0.05) is 220 Å². The van der Waals surface area contributed by atoms with Crippen molar-refractivity contribution in [3.05, 3.63) is 12.2 Å². The zero-order chi connectivity index (χ0) is 53.7. The van der Waals surface area contributed by atoms with Crippen molar-refractivity contribution < 1.29 is 29.3 Å². The van der Waals surface area contributed by atoms with Crippen LogP contribution in [-0.4, -0.2) is 95.2 Å². The number of ether oxygens (including phenoxy) is 2. The Hall–Kier alpha value is -1.56. The Balaban J connectivity index is 4.95. The lowest BCUT2D eigenvalue weighted by Gasteiger charge is -2.23. The number of rotatable bonds is 58. The van der Waals surface area contributed by atoms with Crippen LogP contribution in [0.3, 0.4) is 0 Å². The number of aliphatic hydroxyl groups is 2. The van der Waals surface area contributed by atoms with Gasteiger partial charge in [0, 0.05) is 32.0 Å². The Kier molecular flexibility index (Phi) is 54.0. The molecular weight excluding hydrogens is 909 g/mol. The quantitative estimate of drug-likeness (QED) is 0.0152. The first-order valence-corrected chi connectivity index (χ1v) is 32.0. The lowest BCUT2D eigenvalue weighted by atomic mass is 10.0. The van der Waals surface area contributed by atoms with Gasteiger partial charge in [0.05, 0.1) is 12.2 Å². The standard InChI is InChI=1S/C63H126N4O6/c1-6-11-15-19-25-33-45-58(46-34-26-20-16-12-7-2)72-62(70)50-37-29-23-31-40-52-66(54-42-39-44-57(64)56-67(65)55-43-49-61(69)60(68)10-5)53-41-32-24-30-38-51-63(71)73-59(47-35-27-21-17-13-8-3)48-36-28-22-18-14-9-4/h43,49,57-61,68-69H,6-42,44-48,50-56,64-65H2,1-5H3/b49-43+. The Morgan fingerprint density at radius 2 is 0.767 bits per heavy atom. The van der Waals surface area contributed by atoms with Crippen LogP contribution in [0.4, 0.5) is 0 Å². The molecule has 3 atom stereocenters. The molecule has 6 N–H and O–H groups in total. The van der Waals surface area contributed by atoms with Crippen molar-refractivity contribution in [3.8, 4) is 0 Å². The molecule has 0 amide bonds. The summed E-state index contributed by atoms with van der Waals surface area (Å²) in [6, 6.07) is -0.0226. The Morgan fingerprint density at radius 3 is 1.14 bits per heavy atom. The first-order valence-electron chi connectivity index (χ1n) is 32.0. The number of hydrogen-bond donors (Lipinski definition) is 4. The second kappa shape index (κ2) is 55.2. The fraction of sp³-hybridized carbons (Fsp3) is 0.937. The fourth-order valence-corrected chi connectivity index (χ4v) is 10.1. The van der Waals surface area contributed by atoms with Crippen molar-refractivity contribution in [2.75, 3.05) is 32.7 Å². The van der Waals surface area contributed by atoms with Crippen LogP contribution >= 0.6 is 0 Å². The molecule has 73 heavy (non-hydrogen) atoms. The van der Waals surface area contributed by atoms with Gasteiger partial charge >= 0.3 is 11.9 Å². The van der Waals surface area contributed by atoms with E-state index in [1.165, 1.54) is 180 Å². The zero-order valence-corrected chi connectivity index (χ0v) is 49.3. The number of carbonyl (C=O) groups excluding carboxylic acids is 2. The molecule has 0 saturated carbocycles. The van der Waals surface area contributed by atoms with E-state index in [0.717, 1.165) is 103 Å². The number of unbranched alkanes of at least 4 members (excludes halogenated alkanes) is 29. The van der Waals surface area contributed by atoms with Crippen LogP contribution in [0.25, 0.3) is 0 Å². The molecule has 0 aliphatic heterocycles. The van der Waals surface area contributed by atoms with Crippen LogP contribution in [0, 0.1) is 0 Å². The third kappa shape index (κ3) is 49.7. The molecule has 0 aliphatic carbocycles. The first-order chi connectivity index (χ1) is 35.6. The lowest BCUT2D eigenvalue weighted by molar-refractivity contribution is -0.151. The molecule has 0 spiro atoms. The van der Waals surface area contributed by atoms with Gasteiger partial charge in [0.2, 0.25) is 0 Å². The molecule has 10 heteroatoms. The van der Waals surface area contributed by atoms with Crippen LogP contribution in [0.1, 0.15) is 317 Å². The highest BCUT2D eigenvalue weighted by Crippen LogP contribution is 2.21. The molecular formula is C63H126N4O6. The Labute approximate surface area is 453 Å². The predicted molar refractivity (Wildman–Crippen MR) is 313 cm³/mol. The van der Waals surface area contributed by atoms with Crippen LogP contribution in [0.2, 0.25) is 0 Å². The van der Waals surface area contributed by atoms with Crippen molar-refractivity contribution in [2.24, 2.45) is 11.6 Å². The van der Waals surface area contributed by atoms with Gasteiger partial charge in [-0.15, -0.1) is 0 Å². The smallest absolute Gasteiger partial charge is 0.306 e. The summed E-state index contributed by atoms with van der Waals surface area (Å²) >= 11 is 0. The molecule has 0 fully saturated rings. The van der Waals surface area contributed by atoms with E-state index in [4.69, 9.17) is 21.1 Å². The van der Waals surface area contributed by atoms with Gasteiger partial charge in [-0.2, -0.15) is 0 Å². The minimum atomic E-state index is -0.879. The highest BCUT2D eigenvalue weighted by molar-refractivity contribution is 5.69. The molecule has 0 aromatic carbocycles. The largest absolute Gasteiger partial charge is 0.462 e. The number of hydrogen-bond acceptors (Lipinski definition) is 10. The minimum Gasteiger partial charge on any atom is -0.462 e. The molecule has 0 aliphatic rings. The predicted octanol–water partition coefficient (Wildman–Crippen LogP) is 16.2. The van der Waals surface area contributed by atoms with Crippen LogP contribution < -0.4 is 11.6 Å². The van der Waals surface area contributed by atoms with Crippen molar-refractivity contribution in [1.82, 2.24) is 9.91 Å². The third-order valence-electron chi connectivity index (χ3n) is 15.1. The number of nitrogens with two attached hydrogens (primary N) is 2. The lowest BCUT2D eigenvalue weighted by Crippen LogP contribution is -2.42. The highest BCUT2D eigenvalue weighted by Gasteiger charge is 2.17. The molecule has 0 heterocycles. The normalized spacial score (nSPS) is 13.3. The summed E-state index contributed by atoms with van der Waals surface area (Å²) in [5.74, 6) is 6.24. The monoisotopic (exact) mass is 1030 g/mol. The maximum atomic E-state index is 13.0. The second-order valence-corrected chi connectivity index (χ2v) is 22.4. The van der Waals surface area contributed by atoms with Gasteiger partial charge in [-0.05, 0) is 116 Å². The van der Waals surface area contributed by atoms with Crippen LogP contribution in [0.15, 0.2) is 12.2 Å². The average molecular weight is 1040 g/mol. The van der Waals surface area contributed by atoms with Crippen molar-refractivity contribution >= 4 is 11.9 Å². The molecule has 0 rings (SSSR count). The number of carbonyl (C=O) groups is 2. The first kappa shape index (κ1) is 71.4. The molecule has 10 nitrogen and oxygen atoms in total. The van der Waals surface area contributed by atoms with E-state index in [0.29, 0.717) is 32.4 Å². The van der Waals surface area contributed by atoms with E-state index in [-0.39, 0.29) is 30.2 Å². The second-order valence-electron chi connectivity index (χ2n) is 22.4. The Morgan fingerprint density at radius 1 is 0.452 bits per heavy atom. The van der Waals surface area contributed by atoms with E-state index in [1.807, 2.05) is 6.92 Å². The third-order valence-corrected chi connectivity index (χ3v) is 15.1. The fourth-order valence-electron chi connectivity index (χ4n) is 10.1. The molecule has 434 valence electrons. The van der Waals surface area contributed by atoms with E-state index >= 15 is 0 Å². The maximum absolute atomic E-state index is 13.0. The van der Waals surface area contributed by atoms with Gasteiger partial charge in [-0.25, -0.2) is 5.01 Å². The minimum absolute atomic E-state index is 0.0121. The van der Waals surface area contributed by atoms with Crippen molar-refractivity contribution in [2.45, 2.75) is 348 Å². The topological polar surface area (TPSA) is 152 Å². The van der Waals surface area contributed by atoms with Gasteiger partial charge in [-0.3, -0.25) is 15.4 Å². The summed E-state index contributed by atoms with van der Waals surface area (Å²) in [7, 11) is 0. The molecule has 0 aromatic heterocycles. The van der Waals surface area contributed by atoms with Crippen LogP contribution in [-0.2, 0) is 19.1 Å². The molecule has 3 unspecified atom stereocenters. The molecule has 0 saturated heterocycles. The summed E-state index contributed by atoms with van der Waals surface area (Å²) in [4.78, 5) is 28.6. The van der Waals surface area contributed by atoms with Crippen LogP contribution in [0.5, 0.6) is 0 Å². The number of aliphatic hydroxyl groups excluding tert-OH is 2. The number of hydrazine groups is 1. The van der Waals surface area contributed by atoms with Gasteiger partial charge in [0.25, 0.3) is 0 Å². The molecule has 0 bridgehead atoms. The SMILES string of the molecule is CCCCCCCCC(CCCCCCCC)OC(=O)CCCCCCCN(CCCCCCCC(=O)OC(CCCCCCCC)CCCCCCCC)CCCCC(N)CN(N)C/C=C/C(O)C(O)CC. The van der Waals surface area contributed by atoms with Gasteiger partial charge < -0.3 is 30.3 Å². The zero-order valence-electron chi connectivity index (χ0n) is 49.3. The maximum Gasteiger partial charge on any atom is 0.306 e. The summed E-state index contributed by atoms with van der Waals surface area (Å²) in [6.07, 6.45) is 52.2. The average Bonchev–Trinajstić information content (AvgIpc) is 3.37. The van der Waals surface area contributed by atoms with E-state index < -0.39 is 12.2 Å². The number of nitrogens with zero attached hydrogens (tertiary/aromatic N) is 2. The molecule has 0 radical (unpaired) electrons. The van der Waals surface area contributed by atoms with E-state index in [2.05, 4.69) is 32.6 Å². The van der Waals surface area contributed by atoms with E-state index in [9.17, 15) is 19.8 Å². The molecule has 0 aromatic rings. The van der Waals surface area contributed by atoms with E-state index in [1.54, 1.807) is 17.2 Å². The summed E-state index contributed by atoms with van der Waals surface area (Å²) < 4.78 is 12.2. The van der Waals surface area contributed by atoms with Gasteiger partial charge in [0.1, 0.15) is 12.2 Å².